The summed E-state index contributed by atoms with van der Waals surface area (Å²) in [7, 11) is 0. The summed E-state index contributed by atoms with van der Waals surface area (Å²) in [6.07, 6.45) is 1.39. The third kappa shape index (κ3) is 2.41. The number of benzene rings is 1. The molecular weight excluding hydrogens is 308 g/mol. The Bertz CT molecular complexity index is 569. The Labute approximate surface area is 110 Å². The standard InChI is InChI=1S/C11H10BrF2N3O/c1-11(2,18)9-5-17(16-15-9)10-7(12)3-6(13)4-8(10)14/h3-5,18H,1-2H3. The van der Waals surface area contributed by atoms with Gasteiger partial charge in [-0.15, -0.1) is 5.10 Å². The monoisotopic (exact) mass is 317 g/mol. The van der Waals surface area contributed by atoms with Crippen molar-refractivity contribution in [3.05, 3.63) is 40.1 Å². The number of nitrogens with zero attached hydrogens (tertiary/aromatic N) is 3. The quantitative estimate of drug-likeness (QED) is 0.926. The summed E-state index contributed by atoms with van der Waals surface area (Å²) in [5.41, 5.74) is -0.848. The molecule has 7 heteroatoms. The zero-order chi connectivity index (χ0) is 13.5. The largest absolute Gasteiger partial charge is 0.384 e. The molecule has 0 saturated carbocycles. The second-order valence-electron chi connectivity index (χ2n) is 4.33. The van der Waals surface area contributed by atoms with Crippen LogP contribution in [0.15, 0.2) is 22.8 Å². The predicted molar refractivity (Wildman–Crippen MR) is 64.2 cm³/mol. The van der Waals surface area contributed by atoms with Crippen molar-refractivity contribution < 1.29 is 13.9 Å². The molecule has 0 bridgehead atoms. The van der Waals surface area contributed by atoms with Gasteiger partial charge < -0.3 is 5.11 Å². The maximum atomic E-state index is 13.7. The number of aliphatic hydroxyl groups is 1. The van der Waals surface area contributed by atoms with Gasteiger partial charge in [0.1, 0.15) is 22.8 Å². The van der Waals surface area contributed by atoms with Gasteiger partial charge in [0, 0.05) is 10.5 Å². The molecule has 0 aliphatic carbocycles. The van der Waals surface area contributed by atoms with E-state index < -0.39 is 17.2 Å². The maximum Gasteiger partial charge on any atom is 0.152 e. The highest BCUT2D eigenvalue weighted by Gasteiger charge is 2.22. The Morgan fingerprint density at radius 1 is 1.33 bits per heavy atom. The molecule has 1 heterocycles. The van der Waals surface area contributed by atoms with Crippen LogP contribution in [0, 0.1) is 11.6 Å². The van der Waals surface area contributed by atoms with Crippen molar-refractivity contribution in [1.82, 2.24) is 15.0 Å². The minimum Gasteiger partial charge on any atom is -0.384 e. The molecule has 0 saturated heterocycles. The summed E-state index contributed by atoms with van der Waals surface area (Å²) >= 11 is 3.06. The molecule has 1 N–H and O–H groups in total. The van der Waals surface area contributed by atoms with E-state index in [-0.39, 0.29) is 15.9 Å². The molecule has 0 aliphatic heterocycles. The number of hydrogen-bond acceptors (Lipinski definition) is 3. The summed E-state index contributed by atoms with van der Waals surface area (Å²) in [5.74, 6) is -1.46. The van der Waals surface area contributed by atoms with Crippen LogP contribution in [0.25, 0.3) is 5.69 Å². The van der Waals surface area contributed by atoms with Gasteiger partial charge in [-0.05, 0) is 35.8 Å². The van der Waals surface area contributed by atoms with Crippen molar-refractivity contribution in [2.75, 3.05) is 0 Å². The average molecular weight is 318 g/mol. The zero-order valence-corrected chi connectivity index (χ0v) is 11.2. The van der Waals surface area contributed by atoms with Crippen LogP contribution in [0.3, 0.4) is 0 Å². The molecule has 0 unspecified atom stereocenters. The third-order valence-electron chi connectivity index (χ3n) is 2.33. The van der Waals surface area contributed by atoms with Gasteiger partial charge >= 0.3 is 0 Å². The van der Waals surface area contributed by atoms with E-state index in [1.165, 1.54) is 20.0 Å². The van der Waals surface area contributed by atoms with E-state index in [1.54, 1.807) is 0 Å². The van der Waals surface area contributed by atoms with Crippen molar-refractivity contribution >= 4 is 15.9 Å². The van der Waals surface area contributed by atoms with Gasteiger partial charge in [-0.1, -0.05) is 5.21 Å². The number of rotatable bonds is 2. The number of hydrogen-bond donors (Lipinski definition) is 1. The van der Waals surface area contributed by atoms with E-state index in [2.05, 4.69) is 26.2 Å². The summed E-state index contributed by atoms with van der Waals surface area (Å²) in [6, 6.07) is 1.88. The molecule has 0 atom stereocenters. The maximum absolute atomic E-state index is 13.7. The van der Waals surface area contributed by atoms with Gasteiger partial charge in [0.15, 0.2) is 5.82 Å². The van der Waals surface area contributed by atoms with Gasteiger partial charge in [0.05, 0.1) is 6.20 Å². The van der Waals surface area contributed by atoms with E-state index in [0.29, 0.717) is 0 Å². The van der Waals surface area contributed by atoms with Crippen molar-refractivity contribution in [2.24, 2.45) is 0 Å². The van der Waals surface area contributed by atoms with Crippen molar-refractivity contribution in [1.29, 1.82) is 0 Å². The molecule has 0 spiro atoms. The molecular formula is C11H10BrF2N3O. The van der Waals surface area contributed by atoms with Crippen LogP contribution in [0.5, 0.6) is 0 Å². The molecule has 18 heavy (non-hydrogen) atoms. The van der Waals surface area contributed by atoms with Crippen LogP contribution >= 0.6 is 15.9 Å². The normalized spacial score (nSPS) is 11.9. The molecule has 0 fully saturated rings. The first-order valence-corrected chi connectivity index (χ1v) is 5.88. The Kier molecular flexibility index (Phi) is 3.20. The van der Waals surface area contributed by atoms with Gasteiger partial charge in [-0.2, -0.15) is 0 Å². The molecule has 0 radical (unpaired) electrons. The van der Waals surface area contributed by atoms with Crippen molar-refractivity contribution in [3.8, 4) is 5.69 Å². The lowest BCUT2D eigenvalue weighted by atomic mass is 10.1. The second-order valence-corrected chi connectivity index (χ2v) is 5.18. The van der Waals surface area contributed by atoms with Gasteiger partial charge in [0.25, 0.3) is 0 Å². The fourth-order valence-corrected chi connectivity index (χ4v) is 2.00. The molecule has 4 nitrogen and oxygen atoms in total. The van der Waals surface area contributed by atoms with Gasteiger partial charge in [0.2, 0.25) is 0 Å². The van der Waals surface area contributed by atoms with Crippen LogP contribution in [0.1, 0.15) is 19.5 Å². The van der Waals surface area contributed by atoms with Crippen molar-refractivity contribution in [2.45, 2.75) is 19.4 Å². The lowest BCUT2D eigenvalue weighted by molar-refractivity contribution is 0.0737. The van der Waals surface area contributed by atoms with Crippen LogP contribution in [0.4, 0.5) is 8.78 Å². The fourth-order valence-electron chi connectivity index (χ4n) is 1.41. The fraction of sp³-hybridized carbons (Fsp3) is 0.273. The highest BCUT2D eigenvalue weighted by molar-refractivity contribution is 9.10. The molecule has 2 aromatic rings. The first kappa shape index (κ1) is 13.1. The minimum absolute atomic E-state index is 0.0411. The molecule has 96 valence electrons. The van der Waals surface area contributed by atoms with E-state index in [1.807, 2.05) is 0 Å². The summed E-state index contributed by atoms with van der Waals surface area (Å²) < 4.78 is 28.0. The first-order chi connectivity index (χ1) is 8.29. The summed E-state index contributed by atoms with van der Waals surface area (Å²) in [5, 5.41) is 17.2. The molecule has 1 aromatic carbocycles. The minimum atomic E-state index is -1.18. The summed E-state index contributed by atoms with van der Waals surface area (Å²) in [4.78, 5) is 0. The van der Waals surface area contributed by atoms with Crippen LogP contribution < -0.4 is 0 Å². The SMILES string of the molecule is CC(C)(O)c1cn(-c2c(F)cc(F)cc2Br)nn1. The Balaban J connectivity index is 2.53. The highest BCUT2D eigenvalue weighted by atomic mass is 79.9. The zero-order valence-electron chi connectivity index (χ0n) is 9.65. The molecule has 2 rings (SSSR count). The lowest BCUT2D eigenvalue weighted by Crippen LogP contribution is -2.15. The molecule has 0 aliphatic rings. The number of aromatic nitrogens is 3. The third-order valence-corrected chi connectivity index (χ3v) is 2.94. The smallest absolute Gasteiger partial charge is 0.152 e. The molecule has 1 aromatic heterocycles. The van der Waals surface area contributed by atoms with Crippen LogP contribution in [-0.4, -0.2) is 20.1 Å². The van der Waals surface area contributed by atoms with E-state index in [4.69, 9.17) is 0 Å². The van der Waals surface area contributed by atoms with E-state index in [9.17, 15) is 13.9 Å². The van der Waals surface area contributed by atoms with Gasteiger partial charge in [-0.3, -0.25) is 0 Å². The first-order valence-electron chi connectivity index (χ1n) is 5.09. The van der Waals surface area contributed by atoms with Gasteiger partial charge in [-0.25, -0.2) is 13.5 Å². The van der Waals surface area contributed by atoms with E-state index >= 15 is 0 Å². The molecule has 0 amide bonds. The van der Waals surface area contributed by atoms with Crippen LogP contribution in [0.2, 0.25) is 0 Å². The van der Waals surface area contributed by atoms with Crippen LogP contribution in [-0.2, 0) is 5.60 Å². The average Bonchev–Trinajstić information content (AvgIpc) is 2.64. The summed E-state index contributed by atoms with van der Waals surface area (Å²) in [6.45, 7) is 3.08. The van der Waals surface area contributed by atoms with E-state index in [0.717, 1.165) is 16.8 Å². The second kappa shape index (κ2) is 4.40. The highest BCUT2D eigenvalue weighted by Crippen LogP contribution is 2.26. The Morgan fingerprint density at radius 3 is 2.50 bits per heavy atom. The predicted octanol–water partition coefficient (Wildman–Crippen LogP) is 2.54. The lowest BCUT2D eigenvalue weighted by Gasteiger charge is -2.12. The Hall–Kier alpha value is -1.34. The topological polar surface area (TPSA) is 50.9 Å². The Morgan fingerprint density at radius 2 is 2.00 bits per heavy atom. The van der Waals surface area contributed by atoms with Crippen molar-refractivity contribution in [3.63, 3.8) is 0 Å². The number of halogens is 3.